The predicted octanol–water partition coefficient (Wildman–Crippen LogP) is 0.897. The quantitative estimate of drug-likeness (QED) is 0.677. The molecule has 94 valence electrons. The number of aliphatic hydroxyl groups is 1. The van der Waals surface area contributed by atoms with Crippen LogP contribution in [-0.4, -0.2) is 30.6 Å². The molecule has 1 heterocycles. The Morgan fingerprint density at radius 1 is 1.59 bits per heavy atom. The third-order valence-corrected chi connectivity index (χ3v) is 3.54. The van der Waals surface area contributed by atoms with Gasteiger partial charge in [0.2, 0.25) is 5.91 Å². The molecule has 1 aromatic rings. The molecule has 3 N–H and O–H groups in total. The van der Waals surface area contributed by atoms with Crippen molar-refractivity contribution in [2.45, 2.75) is 18.9 Å². The van der Waals surface area contributed by atoms with Crippen molar-refractivity contribution in [1.82, 2.24) is 10.6 Å². The molecule has 0 aromatic carbocycles. The van der Waals surface area contributed by atoms with E-state index in [4.69, 9.17) is 0 Å². The lowest BCUT2D eigenvalue weighted by molar-refractivity contribution is -0.120. The van der Waals surface area contributed by atoms with Crippen molar-refractivity contribution in [2.24, 2.45) is 5.92 Å². The number of aliphatic hydroxyl groups excluding tert-OH is 1. The van der Waals surface area contributed by atoms with Crippen molar-refractivity contribution in [3.63, 3.8) is 0 Å². The Balaban J connectivity index is 1.58. The van der Waals surface area contributed by atoms with E-state index in [0.717, 1.165) is 18.0 Å². The van der Waals surface area contributed by atoms with Gasteiger partial charge in [-0.2, -0.15) is 11.3 Å². The molecule has 4 nitrogen and oxygen atoms in total. The maximum absolute atomic E-state index is 11.4. The molecule has 0 aliphatic heterocycles. The molecule has 0 bridgehead atoms. The van der Waals surface area contributed by atoms with Gasteiger partial charge in [0.1, 0.15) is 0 Å². The maximum Gasteiger partial charge on any atom is 0.234 e. The smallest absolute Gasteiger partial charge is 0.234 e. The van der Waals surface area contributed by atoms with Crippen LogP contribution in [-0.2, 0) is 4.79 Å². The van der Waals surface area contributed by atoms with Crippen LogP contribution in [0.25, 0.3) is 0 Å². The highest BCUT2D eigenvalue weighted by atomic mass is 32.1. The minimum absolute atomic E-state index is 0.0556. The Morgan fingerprint density at radius 3 is 3.06 bits per heavy atom. The molecule has 0 spiro atoms. The molecule has 2 rings (SSSR count). The van der Waals surface area contributed by atoms with Crippen molar-refractivity contribution >= 4 is 17.2 Å². The number of carbonyl (C=O) groups excluding carboxylic acids is 1. The van der Waals surface area contributed by atoms with E-state index in [-0.39, 0.29) is 12.5 Å². The number of hydrogen-bond acceptors (Lipinski definition) is 4. The Kier molecular flexibility index (Phi) is 4.53. The highest BCUT2D eigenvalue weighted by Crippen LogP contribution is 2.27. The summed E-state index contributed by atoms with van der Waals surface area (Å²) in [6.45, 7) is 1.55. The van der Waals surface area contributed by atoms with E-state index >= 15 is 0 Å². The molecule has 1 saturated carbocycles. The van der Waals surface area contributed by atoms with Crippen LogP contribution in [0.1, 0.15) is 24.5 Å². The first-order chi connectivity index (χ1) is 8.25. The lowest BCUT2D eigenvalue weighted by atomic mass is 10.2. The van der Waals surface area contributed by atoms with Crippen LogP contribution in [0, 0.1) is 5.92 Å². The summed E-state index contributed by atoms with van der Waals surface area (Å²) in [4.78, 5) is 11.4. The Labute approximate surface area is 105 Å². The van der Waals surface area contributed by atoms with Gasteiger partial charge >= 0.3 is 0 Å². The molecule has 5 heteroatoms. The predicted molar refractivity (Wildman–Crippen MR) is 67.9 cm³/mol. The Hall–Kier alpha value is -0.910. The van der Waals surface area contributed by atoms with Crippen molar-refractivity contribution < 1.29 is 9.90 Å². The molecule has 1 amide bonds. The molecular weight excluding hydrogens is 236 g/mol. The fourth-order valence-corrected chi connectivity index (χ4v) is 2.27. The maximum atomic E-state index is 11.4. The van der Waals surface area contributed by atoms with Crippen LogP contribution in [0.2, 0.25) is 0 Å². The Morgan fingerprint density at radius 2 is 2.41 bits per heavy atom. The van der Waals surface area contributed by atoms with Gasteiger partial charge in [0, 0.05) is 6.54 Å². The minimum Gasteiger partial charge on any atom is -0.387 e. The van der Waals surface area contributed by atoms with E-state index in [1.165, 1.54) is 12.8 Å². The van der Waals surface area contributed by atoms with Gasteiger partial charge in [-0.05, 0) is 47.7 Å². The van der Waals surface area contributed by atoms with Crippen molar-refractivity contribution in [3.05, 3.63) is 22.4 Å². The summed E-state index contributed by atoms with van der Waals surface area (Å²) in [6, 6.07) is 1.87. The van der Waals surface area contributed by atoms with E-state index in [9.17, 15) is 9.90 Å². The van der Waals surface area contributed by atoms with Crippen LogP contribution >= 0.6 is 11.3 Å². The van der Waals surface area contributed by atoms with E-state index in [0.29, 0.717) is 6.54 Å². The van der Waals surface area contributed by atoms with Crippen molar-refractivity contribution in [1.29, 1.82) is 0 Å². The van der Waals surface area contributed by atoms with Crippen LogP contribution < -0.4 is 10.6 Å². The third kappa shape index (κ3) is 4.46. The van der Waals surface area contributed by atoms with Crippen LogP contribution in [0.5, 0.6) is 0 Å². The van der Waals surface area contributed by atoms with Gasteiger partial charge in [0.25, 0.3) is 0 Å². The fourth-order valence-electron chi connectivity index (χ4n) is 1.57. The molecule has 1 fully saturated rings. The van der Waals surface area contributed by atoms with E-state index in [2.05, 4.69) is 10.6 Å². The minimum atomic E-state index is -0.603. The molecule has 1 unspecified atom stereocenters. The van der Waals surface area contributed by atoms with Gasteiger partial charge in [-0.3, -0.25) is 4.79 Å². The number of amides is 1. The fraction of sp³-hybridized carbons (Fsp3) is 0.583. The van der Waals surface area contributed by atoms with E-state index in [1.807, 2.05) is 16.8 Å². The van der Waals surface area contributed by atoms with Gasteiger partial charge in [-0.1, -0.05) is 0 Å². The highest BCUT2D eigenvalue weighted by molar-refractivity contribution is 7.07. The number of rotatable bonds is 7. The molecule has 1 aliphatic rings. The first-order valence-corrected chi connectivity index (χ1v) is 6.87. The van der Waals surface area contributed by atoms with Gasteiger partial charge in [0.05, 0.1) is 12.6 Å². The standard InChI is InChI=1S/C12H18N2O2S/c15-11(10-3-4-17-8-10)6-14-12(16)7-13-5-9-1-2-9/h3-4,8-9,11,13,15H,1-2,5-7H2,(H,14,16). The monoisotopic (exact) mass is 254 g/mol. The van der Waals surface area contributed by atoms with Crippen molar-refractivity contribution in [3.8, 4) is 0 Å². The molecule has 0 saturated heterocycles. The largest absolute Gasteiger partial charge is 0.387 e. The first kappa shape index (κ1) is 12.5. The van der Waals surface area contributed by atoms with Gasteiger partial charge in [-0.15, -0.1) is 0 Å². The van der Waals surface area contributed by atoms with Crippen LogP contribution in [0.3, 0.4) is 0 Å². The molecule has 1 atom stereocenters. The van der Waals surface area contributed by atoms with Crippen LogP contribution in [0.4, 0.5) is 0 Å². The average Bonchev–Trinajstić information content (AvgIpc) is 2.97. The zero-order chi connectivity index (χ0) is 12.1. The van der Waals surface area contributed by atoms with Crippen LogP contribution in [0.15, 0.2) is 16.8 Å². The van der Waals surface area contributed by atoms with E-state index in [1.54, 1.807) is 11.3 Å². The Bertz CT molecular complexity index is 349. The molecular formula is C12H18N2O2S. The summed E-state index contributed by atoms with van der Waals surface area (Å²) in [5.41, 5.74) is 0.862. The topological polar surface area (TPSA) is 61.4 Å². The summed E-state index contributed by atoms with van der Waals surface area (Å²) in [5, 5.41) is 19.4. The molecule has 0 radical (unpaired) electrons. The molecule has 17 heavy (non-hydrogen) atoms. The third-order valence-electron chi connectivity index (χ3n) is 2.84. The zero-order valence-corrected chi connectivity index (χ0v) is 10.5. The molecule has 1 aromatic heterocycles. The second-order valence-electron chi connectivity index (χ2n) is 4.45. The van der Waals surface area contributed by atoms with Gasteiger partial charge in [-0.25, -0.2) is 0 Å². The summed E-state index contributed by atoms with van der Waals surface area (Å²) in [7, 11) is 0. The SMILES string of the molecule is O=C(CNCC1CC1)NCC(O)c1ccsc1. The second kappa shape index (κ2) is 6.14. The number of hydrogen-bond donors (Lipinski definition) is 3. The molecule has 1 aliphatic carbocycles. The summed E-state index contributed by atoms with van der Waals surface area (Å²) in [6.07, 6.45) is 1.96. The van der Waals surface area contributed by atoms with Gasteiger partial charge < -0.3 is 15.7 Å². The van der Waals surface area contributed by atoms with Crippen molar-refractivity contribution in [2.75, 3.05) is 19.6 Å². The lowest BCUT2D eigenvalue weighted by Gasteiger charge is -2.10. The van der Waals surface area contributed by atoms with Gasteiger partial charge in [0.15, 0.2) is 0 Å². The normalized spacial score (nSPS) is 16.8. The number of carbonyl (C=O) groups is 1. The zero-order valence-electron chi connectivity index (χ0n) is 9.69. The average molecular weight is 254 g/mol. The second-order valence-corrected chi connectivity index (χ2v) is 5.23. The number of nitrogens with one attached hydrogen (secondary N) is 2. The highest BCUT2D eigenvalue weighted by Gasteiger charge is 2.20. The lowest BCUT2D eigenvalue weighted by Crippen LogP contribution is -2.36. The number of thiophene rings is 1. The first-order valence-electron chi connectivity index (χ1n) is 5.93. The summed E-state index contributed by atoms with van der Waals surface area (Å²) in [5.74, 6) is 0.721. The summed E-state index contributed by atoms with van der Waals surface area (Å²) >= 11 is 1.54. The van der Waals surface area contributed by atoms with E-state index < -0.39 is 6.10 Å². The summed E-state index contributed by atoms with van der Waals surface area (Å²) < 4.78 is 0.